The van der Waals surface area contributed by atoms with E-state index in [1.807, 2.05) is 60.8 Å². The molecular weight excluding hydrogens is 316 g/mol. The Kier molecular flexibility index (Phi) is 4.00. The first-order valence-corrected chi connectivity index (χ1v) is 8.03. The van der Waals surface area contributed by atoms with Gasteiger partial charge in [-0.25, -0.2) is 0 Å². The maximum Gasteiger partial charge on any atom is 0.251 e. The highest BCUT2D eigenvalue weighted by Gasteiger charge is 2.11. The Hall–Kier alpha value is -3.41. The van der Waals surface area contributed by atoms with Crippen LogP contribution < -0.4 is 5.32 Å². The molecule has 2 aromatic heterocycles. The van der Waals surface area contributed by atoms with Crippen LogP contribution in [0.3, 0.4) is 0 Å². The van der Waals surface area contributed by atoms with Crippen molar-refractivity contribution in [2.24, 2.45) is 0 Å². The average Bonchev–Trinajstić information content (AvgIpc) is 3.31. The van der Waals surface area contributed by atoms with Crippen LogP contribution in [0.25, 0.3) is 22.4 Å². The Morgan fingerprint density at radius 3 is 2.80 bits per heavy atom. The molecule has 0 fully saturated rings. The predicted octanol–water partition coefficient (Wildman–Crippen LogP) is 3.19. The summed E-state index contributed by atoms with van der Waals surface area (Å²) in [6.45, 7) is 0.427. The lowest BCUT2D eigenvalue weighted by molar-refractivity contribution is 0.0955. The summed E-state index contributed by atoms with van der Waals surface area (Å²) >= 11 is 0. The van der Waals surface area contributed by atoms with Crippen LogP contribution in [0.15, 0.2) is 65.2 Å². The van der Waals surface area contributed by atoms with E-state index in [4.69, 9.17) is 4.42 Å². The maximum atomic E-state index is 12.4. The highest BCUT2D eigenvalue weighted by Crippen LogP contribution is 2.18. The van der Waals surface area contributed by atoms with Crippen LogP contribution in [0.5, 0.6) is 0 Å². The van der Waals surface area contributed by atoms with Gasteiger partial charge in [0.2, 0.25) is 11.8 Å². The van der Waals surface area contributed by atoms with E-state index in [0.717, 1.165) is 16.5 Å². The summed E-state index contributed by atoms with van der Waals surface area (Å²) in [5.41, 5.74) is 2.47. The molecule has 0 aliphatic carbocycles. The molecule has 0 spiro atoms. The number of fused-ring (bicyclic) bond motifs is 1. The van der Waals surface area contributed by atoms with Crippen molar-refractivity contribution in [3.05, 3.63) is 72.2 Å². The van der Waals surface area contributed by atoms with E-state index < -0.39 is 0 Å². The van der Waals surface area contributed by atoms with Crippen LogP contribution in [-0.4, -0.2) is 27.6 Å². The zero-order valence-electron chi connectivity index (χ0n) is 13.4. The third kappa shape index (κ3) is 3.14. The van der Waals surface area contributed by atoms with Gasteiger partial charge in [-0.15, -0.1) is 10.2 Å². The number of hydrogen-bond acceptors (Lipinski definition) is 4. The van der Waals surface area contributed by atoms with Crippen LogP contribution in [0, 0.1) is 0 Å². The minimum Gasteiger partial charge on any atom is -0.421 e. The molecule has 2 aromatic carbocycles. The molecule has 25 heavy (non-hydrogen) atoms. The number of H-pyrrole nitrogens is 1. The monoisotopic (exact) mass is 332 g/mol. The van der Waals surface area contributed by atoms with Crippen molar-refractivity contribution in [2.45, 2.75) is 6.42 Å². The second-order valence-corrected chi connectivity index (χ2v) is 5.62. The van der Waals surface area contributed by atoms with E-state index in [1.54, 1.807) is 0 Å². The number of nitrogens with one attached hydrogen (secondary N) is 2. The van der Waals surface area contributed by atoms with Gasteiger partial charge >= 0.3 is 0 Å². The van der Waals surface area contributed by atoms with Crippen LogP contribution in [0.2, 0.25) is 0 Å². The van der Waals surface area contributed by atoms with E-state index in [1.165, 1.54) is 0 Å². The van der Waals surface area contributed by atoms with Crippen molar-refractivity contribution in [3.63, 3.8) is 0 Å². The van der Waals surface area contributed by atoms with Gasteiger partial charge in [-0.3, -0.25) is 4.79 Å². The smallest absolute Gasteiger partial charge is 0.251 e. The molecule has 1 amide bonds. The zero-order valence-corrected chi connectivity index (χ0v) is 13.4. The fourth-order valence-electron chi connectivity index (χ4n) is 2.71. The van der Waals surface area contributed by atoms with Gasteiger partial charge in [-0.1, -0.05) is 24.3 Å². The molecule has 0 aliphatic rings. The summed E-state index contributed by atoms with van der Waals surface area (Å²) in [5, 5.41) is 11.9. The molecule has 0 bridgehead atoms. The number of rotatable bonds is 5. The lowest BCUT2D eigenvalue weighted by Crippen LogP contribution is -2.25. The van der Waals surface area contributed by atoms with Crippen LogP contribution in [-0.2, 0) is 6.42 Å². The van der Waals surface area contributed by atoms with Crippen molar-refractivity contribution in [1.29, 1.82) is 0 Å². The van der Waals surface area contributed by atoms with Gasteiger partial charge in [-0.05, 0) is 30.3 Å². The molecule has 0 saturated carbocycles. The van der Waals surface area contributed by atoms with E-state index in [-0.39, 0.29) is 5.91 Å². The molecule has 0 atom stereocenters. The first-order chi connectivity index (χ1) is 12.3. The van der Waals surface area contributed by atoms with Crippen LogP contribution in [0.4, 0.5) is 0 Å². The summed E-state index contributed by atoms with van der Waals surface area (Å²) in [7, 11) is 0. The Bertz CT molecular complexity index is 1000. The zero-order chi connectivity index (χ0) is 17.1. The Morgan fingerprint density at radius 1 is 1.04 bits per heavy atom. The molecule has 6 nitrogen and oxygen atoms in total. The number of carbonyl (C=O) groups excluding carboxylic acids is 1. The van der Waals surface area contributed by atoms with Crippen LogP contribution >= 0.6 is 0 Å². The molecule has 0 saturated heterocycles. The Balaban J connectivity index is 1.39. The molecule has 2 N–H and O–H groups in total. The number of nitrogens with zero attached hydrogens (tertiary/aromatic N) is 2. The van der Waals surface area contributed by atoms with Gasteiger partial charge in [0.15, 0.2) is 0 Å². The minimum absolute atomic E-state index is 0.118. The molecule has 2 heterocycles. The number of aromatic nitrogens is 3. The molecule has 0 radical (unpaired) electrons. The largest absolute Gasteiger partial charge is 0.421 e. The van der Waals surface area contributed by atoms with Crippen molar-refractivity contribution >= 4 is 16.8 Å². The third-order valence-corrected chi connectivity index (χ3v) is 3.95. The predicted molar refractivity (Wildman–Crippen MR) is 94.1 cm³/mol. The summed E-state index contributed by atoms with van der Waals surface area (Å²) in [5.74, 6) is 0.867. The Labute approximate surface area is 143 Å². The molecule has 0 unspecified atom stereocenters. The lowest BCUT2D eigenvalue weighted by Gasteiger charge is -2.05. The molecule has 6 heteroatoms. The van der Waals surface area contributed by atoms with Crippen molar-refractivity contribution in [1.82, 2.24) is 20.5 Å². The molecule has 124 valence electrons. The van der Waals surface area contributed by atoms with E-state index in [0.29, 0.717) is 30.3 Å². The van der Waals surface area contributed by atoms with Gasteiger partial charge in [0.1, 0.15) is 0 Å². The van der Waals surface area contributed by atoms with E-state index in [9.17, 15) is 4.79 Å². The highest BCUT2D eigenvalue weighted by molar-refractivity contribution is 6.06. The maximum absolute atomic E-state index is 12.4. The second kappa shape index (κ2) is 6.60. The first-order valence-electron chi connectivity index (χ1n) is 8.03. The second-order valence-electron chi connectivity index (χ2n) is 5.62. The van der Waals surface area contributed by atoms with Gasteiger partial charge in [0, 0.05) is 41.2 Å². The lowest BCUT2D eigenvalue weighted by atomic mass is 10.1. The molecular formula is C19H16N4O2. The van der Waals surface area contributed by atoms with Gasteiger partial charge in [0.25, 0.3) is 5.91 Å². The Morgan fingerprint density at radius 2 is 1.92 bits per heavy atom. The molecule has 4 rings (SSSR count). The quantitative estimate of drug-likeness (QED) is 0.588. The number of hydrogen-bond donors (Lipinski definition) is 2. The summed E-state index contributed by atoms with van der Waals surface area (Å²) in [6, 6.07) is 17.1. The van der Waals surface area contributed by atoms with Crippen molar-refractivity contribution in [3.8, 4) is 11.5 Å². The molecule has 0 aliphatic heterocycles. The number of benzene rings is 2. The van der Waals surface area contributed by atoms with Crippen molar-refractivity contribution in [2.75, 3.05) is 6.54 Å². The van der Waals surface area contributed by atoms with Gasteiger partial charge in [-0.2, -0.15) is 0 Å². The van der Waals surface area contributed by atoms with Gasteiger partial charge < -0.3 is 14.7 Å². The minimum atomic E-state index is -0.118. The fourth-order valence-corrected chi connectivity index (χ4v) is 2.71. The van der Waals surface area contributed by atoms with E-state index in [2.05, 4.69) is 20.5 Å². The van der Waals surface area contributed by atoms with Gasteiger partial charge in [0.05, 0.1) is 0 Å². The average molecular weight is 332 g/mol. The highest BCUT2D eigenvalue weighted by atomic mass is 16.4. The van der Waals surface area contributed by atoms with Crippen LogP contribution in [0.1, 0.15) is 16.2 Å². The summed E-state index contributed by atoms with van der Waals surface area (Å²) in [6.07, 6.45) is 2.31. The number of amides is 1. The van der Waals surface area contributed by atoms with E-state index >= 15 is 0 Å². The molecule has 4 aromatic rings. The topological polar surface area (TPSA) is 83.8 Å². The number of carbonyl (C=O) groups is 1. The standard InChI is InChI=1S/C19H16N4O2/c24-18(15-7-4-8-16-14(15)9-11-20-16)21-12-10-17-22-23-19(25-17)13-5-2-1-3-6-13/h1-9,11,20H,10,12H2,(H,21,24). The van der Waals surface area contributed by atoms with Crippen molar-refractivity contribution < 1.29 is 9.21 Å². The normalized spacial score (nSPS) is 10.9. The SMILES string of the molecule is O=C(NCCc1nnc(-c2ccccc2)o1)c1cccc2[nH]ccc12. The summed E-state index contributed by atoms with van der Waals surface area (Å²) < 4.78 is 5.64. The first kappa shape index (κ1) is 15.1. The summed E-state index contributed by atoms with van der Waals surface area (Å²) in [4.78, 5) is 15.5. The fraction of sp³-hybridized carbons (Fsp3) is 0.105. The third-order valence-electron chi connectivity index (χ3n) is 3.95. The number of aromatic amines is 1.